The van der Waals surface area contributed by atoms with E-state index in [4.69, 9.17) is 5.73 Å². The van der Waals surface area contributed by atoms with Crippen molar-refractivity contribution in [3.8, 4) is 0 Å². The molecule has 56 valence electrons. The van der Waals surface area contributed by atoms with Crippen molar-refractivity contribution in [2.75, 3.05) is 5.73 Å². The molecule has 1 atom stereocenters. The summed E-state index contributed by atoms with van der Waals surface area (Å²) in [5.41, 5.74) is 5.59. The van der Waals surface area contributed by atoms with E-state index < -0.39 is 0 Å². The summed E-state index contributed by atoms with van der Waals surface area (Å²) in [4.78, 5) is 17.1. The van der Waals surface area contributed by atoms with Crippen LogP contribution in [-0.2, 0) is 0 Å². The van der Waals surface area contributed by atoms with Crippen LogP contribution in [0.15, 0.2) is 4.79 Å². The molecule has 0 radical (unpaired) electrons. The first kappa shape index (κ1) is 6.30. The molecule has 0 aromatic carbocycles. The predicted octanol–water partition coefficient (Wildman–Crippen LogP) is -0.673. The molecule has 0 saturated carbocycles. The van der Waals surface area contributed by atoms with Crippen LogP contribution in [0.3, 0.4) is 0 Å². The van der Waals surface area contributed by atoms with E-state index in [-0.39, 0.29) is 25.5 Å². The predicted molar refractivity (Wildman–Crippen MR) is 41.9 cm³/mol. The highest BCUT2D eigenvalue weighted by atomic mass is 31.1. The SMILES string of the molecule is Nc1nc2n[pH]nc2c(=O)[nH]1. The highest BCUT2D eigenvalue weighted by Gasteiger charge is 2.03. The molecule has 0 aliphatic rings. The van der Waals surface area contributed by atoms with Crippen LogP contribution in [0.5, 0.6) is 0 Å². The molecule has 3 N–H and O–H groups in total. The summed E-state index contributed by atoms with van der Waals surface area (Å²) in [7, 11) is 0.0510. The molecule has 0 bridgehead atoms. The molecule has 11 heavy (non-hydrogen) atoms. The van der Waals surface area contributed by atoms with Gasteiger partial charge in [0, 0.05) is 0 Å². The van der Waals surface area contributed by atoms with Gasteiger partial charge in [-0.3, -0.25) is 9.78 Å². The van der Waals surface area contributed by atoms with Gasteiger partial charge in [-0.1, -0.05) is 0 Å². The molecule has 2 aromatic heterocycles. The van der Waals surface area contributed by atoms with Crippen molar-refractivity contribution in [2.24, 2.45) is 0 Å². The fraction of sp³-hybridized carbons (Fsp3) is 0. The van der Waals surface area contributed by atoms with Gasteiger partial charge < -0.3 is 5.73 Å². The summed E-state index contributed by atoms with van der Waals surface area (Å²) >= 11 is 0. The Hall–Kier alpha value is -1.42. The van der Waals surface area contributed by atoms with Crippen LogP contribution in [0, 0.1) is 0 Å². The zero-order chi connectivity index (χ0) is 7.84. The van der Waals surface area contributed by atoms with E-state index in [9.17, 15) is 4.79 Å². The lowest BCUT2D eigenvalue weighted by molar-refractivity contribution is 1.17. The quantitative estimate of drug-likeness (QED) is 0.544. The van der Waals surface area contributed by atoms with Gasteiger partial charge >= 0.3 is 0 Å². The molecule has 2 rings (SSSR count). The van der Waals surface area contributed by atoms with E-state index in [0.29, 0.717) is 5.65 Å². The zero-order valence-corrected chi connectivity index (χ0v) is 6.33. The monoisotopic (exact) mass is 169 g/mol. The molecule has 6 nitrogen and oxygen atoms in total. The van der Waals surface area contributed by atoms with E-state index in [1.165, 1.54) is 0 Å². The van der Waals surface area contributed by atoms with Gasteiger partial charge in [0.2, 0.25) is 5.95 Å². The number of nitrogen functional groups attached to an aromatic ring is 1. The van der Waals surface area contributed by atoms with Crippen molar-refractivity contribution in [1.82, 2.24) is 19.5 Å². The molecule has 0 aliphatic carbocycles. The Bertz CT molecular complexity index is 445. The number of aromatic amines is 1. The summed E-state index contributed by atoms with van der Waals surface area (Å²) in [6.45, 7) is 0. The number of rotatable bonds is 0. The van der Waals surface area contributed by atoms with Crippen LogP contribution in [0.4, 0.5) is 5.95 Å². The van der Waals surface area contributed by atoms with E-state index in [2.05, 4.69) is 19.5 Å². The van der Waals surface area contributed by atoms with Gasteiger partial charge in [0.05, 0.1) is 8.51 Å². The van der Waals surface area contributed by atoms with E-state index in [0.717, 1.165) is 0 Å². The Kier molecular flexibility index (Phi) is 1.16. The fourth-order valence-electron chi connectivity index (χ4n) is 0.773. The molecule has 0 amide bonds. The smallest absolute Gasteiger partial charge is 0.280 e. The van der Waals surface area contributed by atoms with Crippen molar-refractivity contribution in [2.45, 2.75) is 0 Å². The number of nitrogens with one attached hydrogen (secondary N) is 1. The number of nitrogens with zero attached hydrogens (tertiary/aromatic N) is 3. The van der Waals surface area contributed by atoms with Crippen molar-refractivity contribution in [3.63, 3.8) is 0 Å². The molecule has 0 spiro atoms. The van der Waals surface area contributed by atoms with Crippen molar-refractivity contribution < 1.29 is 0 Å². The third-order valence-corrected chi connectivity index (χ3v) is 1.85. The average Bonchev–Trinajstić information content (AvgIpc) is 2.34. The Balaban J connectivity index is 3.02. The lowest BCUT2D eigenvalue weighted by Crippen LogP contribution is -2.10. The number of aromatic nitrogens is 4. The second-order valence-corrected chi connectivity index (χ2v) is 2.59. The first-order valence-corrected chi connectivity index (χ1v) is 3.73. The lowest BCUT2D eigenvalue weighted by Gasteiger charge is -1.88. The Morgan fingerprint density at radius 1 is 1.45 bits per heavy atom. The fourth-order valence-corrected chi connectivity index (χ4v) is 1.38. The number of H-pyrrole nitrogens is 1. The van der Waals surface area contributed by atoms with Gasteiger partial charge in [0.1, 0.15) is 0 Å². The van der Waals surface area contributed by atoms with Crippen molar-refractivity contribution in [3.05, 3.63) is 10.4 Å². The number of nitrogens with two attached hydrogens (primary N) is 1. The zero-order valence-electron chi connectivity index (χ0n) is 5.33. The van der Waals surface area contributed by atoms with E-state index >= 15 is 0 Å². The molecule has 0 fully saturated rings. The normalized spacial score (nSPS) is 11.3. The van der Waals surface area contributed by atoms with Gasteiger partial charge in [0.15, 0.2) is 11.2 Å². The van der Waals surface area contributed by atoms with Crippen LogP contribution in [0.25, 0.3) is 11.2 Å². The minimum atomic E-state index is -0.318. The van der Waals surface area contributed by atoms with Crippen molar-refractivity contribution in [1.29, 1.82) is 0 Å². The third-order valence-electron chi connectivity index (χ3n) is 1.21. The largest absolute Gasteiger partial charge is 0.369 e. The van der Waals surface area contributed by atoms with Gasteiger partial charge in [-0.2, -0.15) is 9.73 Å². The highest BCUT2D eigenvalue weighted by Crippen LogP contribution is 2.05. The minimum absolute atomic E-state index is 0.0510. The second-order valence-electron chi connectivity index (χ2n) is 1.95. The highest BCUT2D eigenvalue weighted by molar-refractivity contribution is 7.21. The molecule has 1 unspecified atom stereocenters. The Morgan fingerprint density at radius 3 is 3.09 bits per heavy atom. The number of hydrogen-bond donors (Lipinski definition) is 2. The van der Waals surface area contributed by atoms with E-state index in [1.807, 2.05) is 0 Å². The van der Waals surface area contributed by atoms with Crippen LogP contribution in [0.2, 0.25) is 0 Å². The maximum Gasteiger partial charge on any atom is 0.280 e. The first-order valence-electron chi connectivity index (χ1n) is 2.83. The summed E-state index contributed by atoms with van der Waals surface area (Å²) in [5, 5.41) is 0. The number of anilines is 1. The number of fused-ring (bicyclic) bond motifs is 1. The number of hydrogen-bond acceptors (Lipinski definition) is 5. The maximum absolute atomic E-state index is 11.0. The molecule has 0 saturated heterocycles. The molecular formula is C4H4N5OP. The topological polar surface area (TPSA) is 97.5 Å². The minimum Gasteiger partial charge on any atom is -0.369 e. The van der Waals surface area contributed by atoms with Gasteiger partial charge in [0.25, 0.3) is 5.56 Å². The summed E-state index contributed by atoms with van der Waals surface area (Å²) in [6.07, 6.45) is 0. The Labute approximate surface area is 62.1 Å². The van der Waals surface area contributed by atoms with E-state index in [1.54, 1.807) is 0 Å². The van der Waals surface area contributed by atoms with Gasteiger partial charge in [-0.15, -0.1) is 0 Å². The molecule has 7 heteroatoms. The molecule has 2 aromatic rings. The molecular weight excluding hydrogens is 165 g/mol. The van der Waals surface area contributed by atoms with Crippen molar-refractivity contribution >= 4 is 25.6 Å². The van der Waals surface area contributed by atoms with Gasteiger partial charge in [-0.25, -0.2) is 4.75 Å². The summed E-state index contributed by atoms with van der Waals surface area (Å²) in [5.74, 6) is 0.0828. The standard InChI is InChI=1S/C4H4N5OP/c5-4-6-2-1(3(10)7-4)8-11-9-2/h11H,(H3,5,6,7,9,10). The van der Waals surface area contributed by atoms with Crippen LogP contribution in [-0.4, -0.2) is 19.5 Å². The summed E-state index contributed by atoms with van der Waals surface area (Å²) in [6, 6.07) is 0. The second kappa shape index (κ2) is 2.03. The third kappa shape index (κ3) is 0.877. The maximum atomic E-state index is 11.0. The molecule has 2 heterocycles. The Morgan fingerprint density at radius 2 is 2.27 bits per heavy atom. The van der Waals surface area contributed by atoms with Crippen LogP contribution >= 0.6 is 8.51 Å². The van der Waals surface area contributed by atoms with Crippen LogP contribution < -0.4 is 11.3 Å². The molecule has 0 aliphatic heterocycles. The lowest BCUT2D eigenvalue weighted by atomic mass is 10.5. The average molecular weight is 169 g/mol. The summed E-state index contributed by atoms with van der Waals surface area (Å²) < 4.78 is 7.71. The van der Waals surface area contributed by atoms with Gasteiger partial charge in [-0.05, 0) is 0 Å². The van der Waals surface area contributed by atoms with Crippen LogP contribution in [0.1, 0.15) is 0 Å². The first-order chi connectivity index (χ1) is 5.27.